The zero-order valence-corrected chi connectivity index (χ0v) is 20.5. The minimum atomic E-state index is -0.137. The van der Waals surface area contributed by atoms with E-state index in [0.717, 1.165) is 48.3 Å². The summed E-state index contributed by atoms with van der Waals surface area (Å²) in [5.74, 6) is 1.68. The van der Waals surface area contributed by atoms with E-state index in [-0.39, 0.29) is 36.1 Å². The number of allylic oxidation sites excluding steroid dienone is 2. The van der Waals surface area contributed by atoms with Crippen molar-refractivity contribution in [2.75, 3.05) is 26.4 Å². The Bertz CT molecular complexity index is 887. The minimum absolute atomic E-state index is 0.0292. The lowest BCUT2D eigenvalue weighted by molar-refractivity contribution is -0.120. The van der Waals surface area contributed by atoms with Crippen LogP contribution >= 0.6 is 0 Å². The molecular formula is C28H38O6. The smallest absolute Gasteiger partial charge is 0.162 e. The third kappa shape index (κ3) is 7.54. The van der Waals surface area contributed by atoms with Gasteiger partial charge in [0.1, 0.15) is 19.0 Å². The first kappa shape index (κ1) is 26.2. The van der Waals surface area contributed by atoms with E-state index in [4.69, 9.17) is 14.2 Å². The molecule has 1 N–H and O–H groups in total. The number of carbonyl (C=O) groups excluding carboxylic acids is 2. The van der Waals surface area contributed by atoms with Gasteiger partial charge >= 0.3 is 0 Å². The highest BCUT2D eigenvalue weighted by molar-refractivity contribution is 5.98. The average Bonchev–Trinajstić information content (AvgIpc) is 2.87. The lowest BCUT2D eigenvalue weighted by Crippen LogP contribution is -2.20. The monoisotopic (exact) mass is 470 g/mol. The van der Waals surface area contributed by atoms with E-state index < -0.39 is 0 Å². The summed E-state index contributed by atoms with van der Waals surface area (Å²) in [4.78, 5) is 24.9. The van der Waals surface area contributed by atoms with Crippen LogP contribution in [0.5, 0.6) is 11.5 Å². The molecule has 186 valence electrons. The summed E-state index contributed by atoms with van der Waals surface area (Å²) in [5, 5.41) is 9.92. The van der Waals surface area contributed by atoms with E-state index >= 15 is 0 Å². The van der Waals surface area contributed by atoms with Gasteiger partial charge in [-0.05, 0) is 55.7 Å². The van der Waals surface area contributed by atoms with Crippen LogP contribution in [0.25, 0.3) is 0 Å². The van der Waals surface area contributed by atoms with Crippen molar-refractivity contribution in [3.8, 4) is 11.5 Å². The predicted octanol–water partition coefficient (Wildman–Crippen LogP) is 4.94. The quantitative estimate of drug-likeness (QED) is 0.388. The number of rotatable bonds is 14. The number of carbonyl (C=O) groups is 2. The number of hydrogen-bond donors (Lipinski definition) is 1. The van der Waals surface area contributed by atoms with E-state index in [1.54, 1.807) is 0 Å². The van der Waals surface area contributed by atoms with Crippen molar-refractivity contribution in [3.05, 3.63) is 47.6 Å². The van der Waals surface area contributed by atoms with Crippen LogP contribution in [0.1, 0.15) is 70.3 Å². The molecule has 34 heavy (non-hydrogen) atoms. The van der Waals surface area contributed by atoms with E-state index in [2.05, 4.69) is 0 Å². The van der Waals surface area contributed by atoms with Gasteiger partial charge in [0.15, 0.2) is 17.3 Å². The number of hydrogen-bond acceptors (Lipinski definition) is 6. The Labute approximate surface area is 203 Å². The predicted molar refractivity (Wildman–Crippen MR) is 131 cm³/mol. The molecule has 0 saturated heterocycles. The number of unbranched alkanes of at least 4 members (excludes halogenated alkanes) is 2. The molecule has 3 rings (SSSR count). The molecule has 6 heteroatoms. The van der Waals surface area contributed by atoms with E-state index in [9.17, 15) is 14.7 Å². The molecule has 2 aliphatic rings. The first-order chi connectivity index (χ1) is 16.5. The molecule has 3 atom stereocenters. The van der Waals surface area contributed by atoms with E-state index in [0.29, 0.717) is 39.1 Å². The normalized spacial score (nSPS) is 18.8. The molecule has 0 spiro atoms. The Morgan fingerprint density at radius 1 is 1.12 bits per heavy atom. The highest BCUT2D eigenvalue weighted by Gasteiger charge is 2.23. The fourth-order valence-corrected chi connectivity index (χ4v) is 4.48. The summed E-state index contributed by atoms with van der Waals surface area (Å²) in [6.45, 7) is 5.71. The highest BCUT2D eigenvalue weighted by Crippen LogP contribution is 2.36. The molecule has 6 nitrogen and oxygen atoms in total. The first-order valence-corrected chi connectivity index (χ1v) is 12.6. The molecular weight excluding hydrogens is 432 g/mol. The largest absolute Gasteiger partial charge is 0.486 e. The number of aliphatic hydroxyl groups is 1. The van der Waals surface area contributed by atoms with Crippen LogP contribution in [0.15, 0.2) is 42.0 Å². The van der Waals surface area contributed by atoms with Crippen LogP contribution in [0.4, 0.5) is 0 Å². The second kappa shape index (κ2) is 13.4. The van der Waals surface area contributed by atoms with Crippen LogP contribution in [0.3, 0.4) is 0 Å². The van der Waals surface area contributed by atoms with Crippen LogP contribution in [-0.2, 0) is 14.3 Å². The zero-order chi connectivity index (χ0) is 24.3. The molecule has 1 aliphatic heterocycles. The molecule has 0 amide bonds. The summed E-state index contributed by atoms with van der Waals surface area (Å²) < 4.78 is 16.8. The summed E-state index contributed by atoms with van der Waals surface area (Å²) in [6, 6.07) is 5.84. The number of ketones is 2. The van der Waals surface area contributed by atoms with Crippen molar-refractivity contribution in [3.63, 3.8) is 0 Å². The summed E-state index contributed by atoms with van der Waals surface area (Å²) in [6.07, 6.45) is 10.3. The van der Waals surface area contributed by atoms with Gasteiger partial charge in [-0.15, -0.1) is 0 Å². The molecule has 1 aromatic rings. The van der Waals surface area contributed by atoms with Crippen molar-refractivity contribution in [2.45, 2.75) is 70.8 Å². The Morgan fingerprint density at radius 3 is 2.59 bits per heavy atom. The fourth-order valence-electron chi connectivity index (χ4n) is 4.48. The zero-order valence-electron chi connectivity index (χ0n) is 20.5. The van der Waals surface area contributed by atoms with Crippen molar-refractivity contribution in [1.29, 1.82) is 0 Å². The molecule has 0 aromatic heterocycles. The maximum Gasteiger partial charge on any atom is 0.162 e. The molecule has 1 unspecified atom stereocenters. The van der Waals surface area contributed by atoms with Gasteiger partial charge in [0.05, 0.1) is 6.10 Å². The molecule has 1 aliphatic carbocycles. The standard InChI is InChI=1S/C28H38O6/c1-3-32-25-12-9-21(10-13-25)26(31)8-6-4-5-7-24(30)17-23(19-29)20(2)22-11-14-27-28(18-22)34-16-15-33-27/h9-12,14,18,20,23,25,29H,3-8,13,15-17,19H2,1-2H3/t20-,23-,25?/m0/s1. The second-order valence-corrected chi connectivity index (χ2v) is 9.11. The van der Waals surface area contributed by atoms with Crippen LogP contribution in [-0.4, -0.2) is 49.2 Å². The Balaban J connectivity index is 1.36. The van der Waals surface area contributed by atoms with Crippen LogP contribution < -0.4 is 9.47 Å². The second-order valence-electron chi connectivity index (χ2n) is 9.11. The molecule has 1 aromatic carbocycles. The van der Waals surface area contributed by atoms with Gasteiger partial charge in [0.25, 0.3) is 0 Å². The number of benzene rings is 1. The lowest BCUT2D eigenvalue weighted by Gasteiger charge is -2.24. The van der Waals surface area contributed by atoms with Crippen LogP contribution in [0.2, 0.25) is 0 Å². The Kier molecular flexibility index (Phi) is 10.4. The van der Waals surface area contributed by atoms with Crippen molar-refractivity contribution in [1.82, 2.24) is 0 Å². The van der Waals surface area contributed by atoms with Crippen molar-refractivity contribution >= 4 is 11.6 Å². The van der Waals surface area contributed by atoms with Gasteiger partial charge < -0.3 is 19.3 Å². The Morgan fingerprint density at radius 2 is 1.88 bits per heavy atom. The third-order valence-electron chi connectivity index (χ3n) is 6.65. The SMILES string of the molecule is CCOC1C=CC(C(=O)CCCCCC(=O)C[C@@H](CO)[C@@H](C)c2ccc3c(c2)OCCO3)=CC1. The van der Waals surface area contributed by atoms with Crippen LogP contribution in [0, 0.1) is 5.92 Å². The summed E-state index contributed by atoms with van der Waals surface area (Å²) >= 11 is 0. The maximum absolute atomic E-state index is 12.6. The summed E-state index contributed by atoms with van der Waals surface area (Å²) in [7, 11) is 0. The third-order valence-corrected chi connectivity index (χ3v) is 6.65. The minimum Gasteiger partial charge on any atom is -0.486 e. The first-order valence-electron chi connectivity index (χ1n) is 12.6. The fraction of sp³-hybridized carbons (Fsp3) is 0.571. The Hall–Kier alpha value is -2.44. The van der Waals surface area contributed by atoms with E-state index in [1.807, 2.05) is 50.3 Å². The lowest BCUT2D eigenvalue weighted by atomic mass is 9.84. The van der Waals surface area contributed by atoms with Gasteiger partial charge in [0, 0.05) is 38.0 Å². The number of ether oxygens (including phenoxy) is 3. The molecule has 0 bridgehead atoms. The van der Waals surface area contributed by atoms with Crippen molar-refractivity contribution in [2.24, 2.45) is 5.92 Å². The molecule has 0 saturated carbocycles. The van der Waals surface area contributed by atoms with Gasteiger partial charge in [0.2, 0.25) is 0 Å². The van der Waals surface area contributed by atoms with E-state index in [1.165, 1.54) is 0 Å². The number of Topliss-reactive ketones (excluding diaryl/α,β-unsaturated/α-hetero) is 2. The number of fused-ring (bicyclic) bond motifs is 1. The molecule has 0 fully saturated rings. The van der Waals surface area contributed by atoms with Crippen molar-refractivity contribution < 1.29 is 28.9 Å². The van der Waals surface area contributed by atoms with Gasteiger partial charge in [-0.3, -0.25) is 9.59 Å². The summed E-state index contributed by atoms with van der Waals surface area (Å²) in [5.41, 5.74) is 1.80. The average molecular weight is 471 g/mol. The highest BCUT2D eigenvalue weighted by atomic mass is 16.6. The van der Waals surface area contributed by atoms with Gasteiger partial charge in [-0.2, -0.15) is 0 Å². The van der Waals surface area contributed by atoms with Gasteiger partial charge in [-0.25, -0.2) is 0 Å². The topological polar surface area (TPSA) is 82.1 Å². The maximum atomic E-state index is 12.6. The molecule has 0 radical (unpaired) electrons. The number of aliphatic hydroxyl groups excluding tert-OH is 1. The van der Waals surface area contributed by atoms with Gasteiger partial charge in [-0.1, -0.05) is 37.6 Å². The molecule has 1 heterocycles.